The van der Waals surface area contributed by atoms with E-state index in [0.29, 0.717) is 0 Å². The highest BCUT2D eigenvalue weighted by Gasteiger charge is 2.29. The Morgan fingerprint density at radius 3 is 3.06 bits per heavy atom. The molecule has 3 rings (SSSR count). The zero-order chi connectivity index (χ0) is 11.0. The first-order valence-corrected chi connectivity index (χ1v) is 6.25. The molecule has 1 aromatic rings. The van der Waals surface area contributed by atoms with Gasteiger partial charge in [-0.05, 0) is 19.3 Å². The van der Waals surface area contributed by atoms with E-state index in [1.165, 1.54) is 37.9 Å². The molecule has 2 atom stereocenters. The van der Waals surface area contributed by atoms with Crippen molar-refractivity contribution in [3.63, 3.8) is 0 Å². The summed E-state index contributed by atoms with van der Waals surface area (Å²) in [4.78, 5) is 2.56. The summed E-state index contributed by atoms with van der Waals surface area (Å²) >= 11 is 0. The number of aromatic nitrogens is 2. The Morgan fingerprint density at radius 1 is 1.38 bits per heavy atom. The maximum atomic E-state index is 4.23. The molecule has 0 spiro atoms. The van der Waals surface area contributed by atoms with Crippen molar-refractivity contribution < 1.29 is 0 Å². The van der Waals surface area contributed by atoms with Crippen LogP contribution in [0.25, 0.3) is 0 Å². The Labute approximate surface area is 96.6 Å². The van der Waals surface area contributed by atoms with Gasteiger partial charge in [0.15, 0.2) is 0 Å². The van der Waals surface area contributed by atoms with Crippen molar-refractivity contribution in [2.45, 2.75) is 37.9 Å². The van der Waals surface area contributed by atoms with Gasteiger partial charge < -0.3 is 5.32 Å². The number of rotatable bonds is 2. The second-order valence-electron chi connectivity index (χ2n) is 5.18. The van der Waals surface area contributed by atoms with Gasteiger partial charge in [-0.3, -0.25) is 9.58 Å². The number of likely N-dealkylation sites (tertiary alicyclic amines) is 1. The van der Waals surface area contributed by atoms with Gasteiger partial charge >= 0.3 is 0 Å². The zero-order valence-corrected chi connectivity index (χ0v) is 9.89. The molecule has 2 saturated heterocycles. The summed E-state index contributed by atoms with van der Waals surface area (Å²) in [6, 6.07) is 1.51. The van der Waals surface area contributed by atoms with Gasteiger partial charge in [0, 0.05) is 50.5 Å². The molecule has 2 fully saturated rings. The van der Waals surface area contributed by atoms with Gasteiger partial charge in [-0.1, -0.05) is 0 Å². The molecule has 1 aromatic heterocycles. The minimum Gasteiger partial charge on any atom is -0.310 e. The highest BCUT2D eigenvalue weighted by Crippen LogP contribution is 2.21. The third kappa shape index (κ3) is 2.13. The van der Waals surface area contributed by atoms with Gasteiger partial charge in [0.2, 0.25) is 0 Å². The summed E-state index contributed by atoms with van der Waals surface area (Å²) in [5.41, 5.74) is 1.33. The van der Waals surface area contributed by atoms with Crippen molar-refractivity contribution in [3.8, 4) is 0 Å². The molecule has 0 aromatic carbocycles. The Morgan fingerprint density at radius 2 is 2.25 bits per heavy atom. The molecule has 0 aliphatic carbocycles. The van der Waals surface area contributed by atoms with Gasteiger partial charge in [-0.15, -0.1) is 0 Å². The SMILES string of the molecule is Cn1cc(CN2CCC3CCC(C2)N3)cn1. The fourth-order valence-electron chi connectivity index (χ4n) is 2.97. The zero-order valence-electron chi connectivity index (χ0n) is 9.89. The third-order valence-electron chi connectivity index (χ3n) is 3.77. The second-order valence-corrected chi connectivity index (χ2v) is 5.18. The number of fused-ring (bicyclic) bond motifs is 2. The summed E-state index contributed by atoms with van der Waals surface area (Å²) in [6.45, 7) is 3.48. The van der Waals surface area contributed by atoms with E-state index in [-0.39, 0.29) is 0 Å². The average Bonchev–Trinajstić information content (AvgIpc) is 2.77. The van der Waals surface area contributed by atoms with Crippen molar-refractivity contribution in [2.75, 3.05) is 13.1 Å². The van der Waals surface area contributed by atoms with Crippen LogP contribution in [0.4, 0.5) is 0 Å². The van der Waals surface area contributed by atoms with Crippen LogP contribution in [-0.2, 0) is 13.6 Å². The monoisotopic (exact) mass is 220 g/mol. The molecule has 2 unspecified atom stereocenters. The first-order chi connectivity index (χ1) is 7.79. The fraction of sp³-hybridized carbons (Fsp3) is 0.750. The lowest BCUT2D eigenvalue weighted by atomic mass is 10.1. The molecule has 2 aliphatic rings. The molecule has 0 radical (unpaired) electrons. The Balaban J connectivity index is 1.63. The molecule has 0 saturated carbocycles. The number of hydrogen-bond acceptors (Lipinski definition) is 3. The molecule has 88 valence electrons. The number of hydrogen-bond donors (Lipinski definition) is 1. The minimum atomic E-state index is 0.726. The van der Waals surface area contributed by atoms with Gasteiger partial charge in [-0.25, -0.2) is 0 Å². The number of aryl methyl sites for hydroxylation is 1. The predicted molar refractivity (Wildman–Crippen MR) is 63.0 cm³/mol. The lowest BCUT2D eigenvalue weighted by Gasteiger charge is -2.23. The second kappa shape index (κ2) is 4.18. The maximum Gasteiger partial charge on any atom is 0.0534 e. The highest BCUT2D eigenvalue weighted by molar-refractivity contribution is 5.04. The summed E-state index contributed by atoms with van der Waals surface area (Å²) in [5, 5.41) is 7.94. The molecule has 4 nitrogen and oxygen atoms in total. The van der Waals surface area contributed by atoms with E-state index in [1.54, 1.807) is 0 Å². The number of nitrogens with zero attached hydrogens (tertiary/aromatic N) is 3. The molecular formula is C12H20N4. The fourth-order valence-corrected chi connectivity index (χ4v) is 2.97. The molecule has 3 heterocycles. The van der Waals surface area contributed by atoms with E-state index in [2.05, 4.69) is 21.5 Å². The Bertz CT molecular complexity index is 360. The maximum absolute atomic E-state index is 4.23. The van der Waals surface area contributed by atoms with Crippen LogP contribution in [0.15, 0.2) is 12.4 Å². The molecular weight excluding hydrogens is 200 g/mol. The first kappa shape index (κ1) is 10.3. The normalized spacial score (nSPS) is 30.6. The van der Waals surface area contributed by atoms with E-state index in [9.17, 15) is 0 Å². The standard InChI is InChI=1S/C12H20N4/c1-15-7-10(6-13-15)8-16-5-4-11-2-3-12(9-16)14-11/h6-7,11-12,14H,2-5,8-9H2,1H3. The Hall–Kier alpha value is -0.870. The van der Waals surface area contributed by atoms with Gasteiger partial charge in [0.1, 0.15) is 0 Å². The Kier molecular flexibility index (Phi) is 2.69. The topological polar surface area (TPSA) is 33.1 Å². The lowest BCUT2D eigenvalue weighted by molar-refractivity contribution is 0.251. The molecule has 2 bridgehead atoms. The largest absolute Gasteiger partial charge is 0.310 e. The highest BCUT2D eigenvalue weighted by atomic mass is 15.2. The van der Waals surface area contributed by atoms with Crippen molar-refractivity contribution in [1.82, 2.24) is 20.0 Å². The van der Waals surface area contributed by atoms with Crippen molar-refractivity contribution in [3.05, 3.63) is 18.0 Å². The van der Waals surface area contributed by atoms with Crippen LogP contribution in [0.2, 0.25) is 0 Å². The van der Waals surface area contributed by atoms with E-state index < -0.39 is 0 Å². The van der Waals surface area contributed by atoms with E-state index in [0.717, 1.165) is 18.6 Å². The van der Waals surface area contributed by atoms with Crippen LogP contribution in [-0.4, -0.2) is 39.9 Å². The minimum absolute atomic E-state index is 0.726. The molecule has 16 heavy (non-hydrogen) atoms. The first-order valence-electron chi connectivity index (χ1n) is 6.25. The predicted octanol–water partition coefficient (Wildman–Crippen LogP) is 0.746. The molecule has 0 amide bonds. The third-order valence-corrected chi connectivity index (χ3v) is 3.77. The van der Waals surface area contributed by atoms with E-state index in [1.807, 2.05) is 17.9 Å². The lowest BCUT2D eigenvalue weighted by Crippen LogP contribution is -2.34. The summed E-state index contributed by atoms with van der Waals surface area (Å²) in [6.07, 6.45) is 8.14. The smallest absolute Gasteiger partial charge is 0.0534 e. The van der Waals surface area contributed by atoms with Crippen LogP contribution in [0, 0.1) is 0 Å². The van der Waals surface area contributed by atoms with E-state index >= 15 is 0 Å². The van der Waals surface area contributed by atoms with E-state index in [4.69, 9.17) is 0 Å². The molecule has 2 aliphatic heterocycles. The van der Waals surface area contributed by atoms with Crippen LogP contribution in [0.5, 0.6) is 0 Å². The van der Waals surface area contributed by atoms with Crippen molar-refractivity contribution in [1.29, 1.82) is 0 Å². The van der Waals surface area contributed by atoms with Crippen LogP contribution in [0.3, 0.4) is 0 Å². The van der Waals surface area contributed by atoms with Gasteiger partial charge in [0.05, 0.1) is 6.20 Å². The molecule has 4 heteroatoms. The quantitative estimate of drug-likeness (QED) is 0.798. The summed E-state index contributed by atoms with van der Waals surface area (Å²) < 4.78 is 1.89. The van der Waals surface area contributed by atoms with Crippen LogP contribution in [0.1, 0.15) is 24.8 Å². The average molecular weight is 220 g/mol. The van der Waals surface area contributed by atoms with Gasteiger partial charge in [0.25, 0.3) is 0 Å². The summed E-state index contributed by atoms with van der Waals surface area (Å²) in [7, 11) is 1.98. The van der Waals surface area contributed by atoms with Crippen LogP contribution < -0.4 is 5.32 Å². The summed E-state index contributed by atoms with van der Waals surface area (Å²) in [5.74, 6) is 0. The van der Waals surface area contributed by atoms with Gasteiger partial charge in [-0.2, -0.15) is 5.10 Å². The van der Waals surface area contributed by atoms with Crippen molar-refractivity contribution in [2.24, 2.45) is 7.05 Å². The van der Waals surface area contributed by atoms with Crippen molar-refractivity contribution >= 4 is 0 Å². The van der Waals surface area contributed by atoms with Crippen LogP contribution >= 0.6 is 0 Å². The molecule has 1 N–H and O–H groups in total. The number of nitrogens with one attached hydrogen (secondary N) is 1.